The van der Waals surface area contributed by atoms with Gasteiger partial charge in [-0.15, -0.1) is 0 Å². The third-order valence-corrected chi connectivity index (χ3v) is 4.30. The number of fused-ring (bicyclic) bond motifs is 1. The summed E-state index contributed by atoms with van der Waals surface area (Å²) in [5.74, 6) is 0.682. The van der Waals surface area contributed by atoms with E-state index in [1.54, 1.807) is 25.5 Å². The molecule has 0 radical (unpaired) electrons. The van der Waals surface area contributed by atoms with Gasteiger partial charge in [-0.2, -0.15) is 5.10 Å². The first-order valence-corrected chi connectivity index (χ1v) is 8.70. The Labute approximate surface area is 159 Å². The van der Waals surface area contributed by atoms with Crippen LogP contribution in [0.5, 0.6) is 11.5 Å². The number of hydrogen-bond donors (Lipinski definition) is 1. The van der Waals surface area contributed by atoms with Crippen molar-refractivity contribution >= 4 is 39.0 Å². The molecule has 1 N–H and O–H groups in total. The van der Waals surface area contributed by atoms with Crippen LogP contribution in [0, 0.1) is 0 Å². The number of ether oxygens (including phenoxy) is 2. The smallest absolute Gasteiger partial charge is 0.277 e. The van der Waals surface area contributed by atoms with E-state index in [1.165, 1.54) is 0 Å². The number of para-hydroxylation sites is 1. The minimum absolute atomic E-state index is 0.162. The van der Waals surface area contributed by atoms with Crippen molar-refractivity contribution in [1.82, 2.24) is 9.99 Å². The van der Waals surface area contributed by atoms with Gasteiger partial charge in [0.15, 0.2) is 18.1 Å². The molecule has 1 heterocycles. The van der Waals surface area contributed by atoms with Gasteiger partial charge in [0.25, 0.3) is 5.91 Å². The minimum Gasteiger partial charge on any atom is -0.493 e. The van der Waals surface area contributed by atoms with Gasteiger partial charge in [0.2, 0.25) is 0 Å². The van der Waals surface area contributed by atoms with Crippen LogP contribution in [0.15, 0.2) is 58.2 Å². The van der Waals surface area contributed by atoms with E-state index < -0.39 is 0 Å². The van der Waals surface area contributed by atoms with Crippen molar-refractivity contribution in [3.63, 3.8) is 0 Å². The van der Waals surface area contributed by atoms with Gasteiger partial charge in [-0.05, 0) is 24.3 Å². The first-order valence-electron chi connectivity index (χ1n) is 7.91. The van der Waals surface area contributed by atoms with Crippen LogP contribution in [0.3, 0.4) is 0 Å². The van der Waals surface area contributed by atoms with Gasteiger partial charge >= 0.3 is 0 Å². The number of nitrogens with one attached hydrogen (secondary N) is 1. The standard InChI is InChI=1S/C19H18BrN3O3/c1-23-11-13(15-5-3-4-6-16(15)23)10-21-22-19(24)12-26-17-8-7-14(20)9-18(17)25-2/h3-11H,12H2,1-2H3,(H,22,24). The summed E-state index contributed by atoms with van der Waals surface area (Å²) in [5, 5.41) is 5.09. The molecule has 3 rings (SSSR count). The van der Waals surface area contributed by atoms with Crippen LogP contribution < -0.4 is 14.9 Å². The van der Waals surface area contributed by atoms with E-state index in [4.69, 9.17) is 9.47 Å². The number of amides is 1. The molecule has 1 amide bonds. The number of benzene rings is 2. The van der Waals surface area contributed by atoms with Crippen molar-refractivity contribution in [1.29, 1.82) is 0 Å². The Bertz CT molecular complexity index is 966. The molecule has 6 nitrogen and oxygen atoms in total. The van der Waals surface area contributed by atoms with Crippen molar-refractivity contribution in [3.05, 3.63) is 58.7 Å². The average molecular weight is 416 g/mol. The molecule has 134 valence electrons. The number of methoxy groups -OCH3 is 1. The Morgan fingerprint density at radius 3 is 2.88 bits per heavy atom. The van der Waals surface area contributed by atoms with Gasteiger partial charge in [-0.25, -0.2) is 5.43 Å². The van der Waals surface area contributed by atoms with Crippen LogP contribution in [0.4, 0.5) is 0 Å². The van der Waals surface area contributed by atoms with Crippen LogP contribution in [0.1, 0.15) is 5.56 Å². The van der Waals surface area contributed by atoms with E-state index in [2.05, 4.69) is 26.5 Å². The topological polar surface area (TPSA) is 64.8 Å². The number of nitrogens with zero attached hydrogens (tertiary/aromatic N) is 2. The third kappa shape index (κ3) is 4.05. The highest BCUT2D eigenvalue weighted by Gasteiger charge is 2.08. The number of carbonyl (C=O) groups excluding carboxylic acids is 1. The zero-order valence-electron chi connectivity index (χ0n) is 14.4. The monoisotopic (exact) mass is 415 g/mol. The normalized spacial score (nSPS) is 11.0. The molecule has 0 aliphatic carbocycles. The molecule has 7 heteroatoms. The van der Waals surface area contributed by atoms with E-state index in [1.807, 2.05) is 48.1 Å². The Hall–Kier alpha value is -2.80. The molecule has 2 aromatic carbocycles. The van der Waals surface area contributed by atoms with Crippen LogP contribution in [-0.2, 0) is 11.8 Å². The highest BCUT2D eigenvalue weighted by molar-refractivity contribution is 9.10. The Morgan fingerprint density at radius 2 is 2.08 bits per heavy atom. The Morgan fingerprint density at radius 1 is 1.27 bits per heavy atom. The van der Waals surface area contributed by atoms with E-state index in [0.29, 0.717) is 11.5 Å². The lowest BCUT2D eigenvalue weighted by Gasteiger charge is -2.09. The van der Waals surface area contributed by atoms with Crippen molar-refractivity contribution in [2.75, 3.05) is 13.7 Å². The largest absolute Gasteiger partial charge is 0.493 e. The number of aromatic nitrogens is 1. The van der Waals surface area contributed by atoms with Crippen molar-refractivity contribution in [3.8, 4) is 11.5 Å². The highest BCUT2D eigenvalue weighted by Crippen LogP contribution is 2.30. The lowest BCUT2D eigenvalue weighted by Crippen LogP contribution is -2.24. The zero-order valence-corrected chi connectivity index (χ0v) is 16.0. The minimum atomic E-state index is -0.355. The van der Waals surface area contributed by atoms with Crippen molar-refractivity contribution < 1.29 is 14.3 Å². The molecule has 0 atom stereocenters. The summed E-state index contributed by atoms with van der Waals surface area (Å²) < 4.78 is 13.6. The van der Waals surface area contributed by atoms with Gasteiger partial charge in [0, 0.05) is 34.2 Å². The van der Waals surface area contributed by atoms with Crippen LogP contribution in [0.25, 0.3) is 10.9 Å². The molecule has 0 spiro atoms. The molecule has 1 aromatic heterocycles. The molecule has 3 aromatic rings. The summed E-state index contributed by atoms with van der Waals surface area (Å²) in [5.41, 5.74) is 4.50. The summed E-state index contributed by atoms with van der Waals surface area (Å²) in [6.07, 6.45) is 3.59. The lowest BCUT2D eigenvalue weighted by atomic mass is 10.2. The fourth-order valence-corrected chi connectivity index (χ4v) is 2.93. The number of aryl methyl sites for hydroxylation is 1. The first-order chi connectivity index (χ1) is 12.6. The highest BCUT2D eigenvalue weighted by atomic mass is 79.9. The van der Waals surface area contributed by atoms with Crippen LogP contribution in [-0.4, -0.2) is 30.4 Å². The fraction of sp³-hybridized carbons (Fsp3) is 0.158. The maximum atomic E-state index is 11.9. The number of hydrogen-bond acceptors (Lipinski definition) is 4. The van der Waals surface area contributed by atoms with Crippen molar-refractivity contribution in [2.24, 2.45) is 12.1 Å². The summed E-state index contributed by atoms with van der Waals surface area (Å²) in [4.78, 5) is 11.9. The fourth-order valence-electron chi connectivity index (χ4n) is 2.59. The Balaban J connectivity index is 1.59. The maximum absolute atomic E-state index is 11.9. The maximum Gasteiger partial charge on any atom is 0.277 e. The van der Waals surface area contributed by atoms with Gasteiger partial charge in [0.05, 0.1) is 13.3 Å². The Kier molecular flexibility index (Phi) is 5.58. The third-order valence-electron chi connectivity index (χ3n) is 3.81. The predicted molar refractivity (Wildman–Crippen MR) is 105 cm³/mol. The lowest BCUT2D eigenvalue weighted by molar-refractivity contribution is -0.123. The second-order valence-electron chi connectivity index (χ2n) is 5.59. The first kappa shape index (κ1) is 18.0. The number of carbonyl (C=O) groups is 1. The summed E-state index contributed by atoms with van der Waals surface area (Å²) >= 11 is 3.36. The molecule has 0 aliphatic heterocycles. The van der Waals surface area contributed by atoms with Crippen LogP contribution >= 0.6 is 15.9 Å². The van der Waals surface area contributed by atoms with Crippen LogP contribution in [0.2, 0.25) is 0 Å². The van der Waals surface area contributed by atoms with Gasteiger partial charge in [-0.3, -0.25) is 4.79 Å². The number of halogens is 1. The summed E-state index contributed by atoms with van der Waals surface area (Å²) in [7, 11) is 3.51. The molecule has 0 bridgehead atoms. The molecule has 0 unspecified atom stereocenters. The van der Waals surface area contributed by atoms with E-state index in [-0.39, 0.29) is 12.5 Å². The van der Waals surface area contributed by atoms with E-state index in [9.17, 15) is 4.79 Å². The molecular weight excluding hydrogens is 398 g/mol. The molecular formula is C19H18BrN3O3. The van der Waals surface area contributed by atoms with Crippen molar-refractivity contribution in [2.45, 2.75) is 0 Å². The number of rotatable bonds is 6. The van der Waals surface area contributed by atoms with Gasteiger partial charge in [0.1, 0.15) is 0 Å². The molecule has 0 aliphatic rings. The predicted octanol–water partition coefficient (Wildman–Crippen LogP) is 3.48. The number of hydrazone groups is 1. The van der Waals surface area contributed by atoms with E-state index in [0.717, 1.165) is 20.9 Å². The second kappa shape index (κ2) is 8.05. The molecule has 0 fully saturated rings. The summed E-state index contributed by atoms with van der Waals surface area (Å²) in [6, 6.07) is 13.3. The molecule has 0 saturated heterocycles. The molecule has 26 heavy (non-hydrogen) atoms. The van der Waals surface area contributed by atoms with Gasteiger partial charge < -0.3 is 14.0 Å². The average Bonchev–Trinajstić information content (AvgIpc) is 2.97. The second-order valence-corrected chi connectivity index (χ2v) is 6.51. The summed E-state index contributed by atoms with van der Waals surface area (Å²) in [6.45, 7) is -0.162. The SMILES string of the molecule is COc1cc(Br)ccc1OCC(=O)NN=Cc1cn(C)c2ccccc12. The molecule has 0 saturated carbocycles. The zero-order chi connectivity index (χ0) is 18.5. The quantitative estimate of drug-likeness (QED) is 0.495. The van der Waals surface area contributed by atoms with Gasteiger partial charge in [-0.1, -0.05) is 34.1 Å². The van der Waals surface area contributed by atoms with E-state index >= 15 is 0 Å².